The first-order valence-corrected chi connectivity index (χ1v) is 7.12. The molecule has 0 radical (unpaired) electrons. The van der Waals surface area contributed by atoms with Crippen LogP contribution in [0.4, 0.5) is 0 Å². The molecule has 0 aliphatic carbocycles. The number of aryl methyl sites for hydroxylation is 1. The van der Waals surface area contributed by atoms with Gasteiger partial charge in [-0.2, -0.15) is 4.98 Å². The lowest BCUT2D eigenvalue weighted by atomic mass is 10.2. The SMILES string of the molecule is CCCCc1noc(Cn2nnc(C(=O)O)c2CCC)n1. The number of nitrogens with zero attached hydrogens (tertiary/aromatic N) is 5. The lowest BCUT2D eigenvalue weighted by molar-refractivity contribution is 0.0689. The van der Waals surface area contributed by atoms with Gasteiger partial charge in [-0.25, -0.2) is 9.48 Å². The summed E-state index contributed by atoms with van der Waals surface area (Å²) in [7, 11) is 0. The number of hydrogen-bond donors (Lipinski definition) is 1. The number of hydrogen-bond acceptors (Lipinski definition) is 6. The molecule has 1 N–H and O–H groups in total. The van der Waals surface area contributed by atoms with Gasteiger partial charge in [-0.05, 0) is 12.8 Å². The molecule has 0 unspecified atom stereocenters. The van der Waals surface area contributed by atoms with Crippen molar-refractivity contribution in [2.24, 2.45) is 0 Å². The Morgan fingerprint density at radius 1 is 1.29 bits per heavy atom. The van der Waals surface area contributed by atoms with Crippen LogP contribution in [-0.4, -0.2) is 36.2 Å². The number of aromatic nitrogens is 5. The third-order valence-electron chi connectivity index (χ3n) is 3.08. The topological polar surface area (TPSA) is 107 Å². The second kappa shape index (κ2) is 6.96. The Labute approximate surface area is 122 Å². The summed E-state index contributed by atoms with van der Waals surface area (Å²) in [5.74, 6) is 0.0154. The summed E-state index contributed by atoms with van der Waals surface area (Å²) in [5, 5.41) is 20.6. The van der Waals surface area contributed by atoms with Gasteiger partial charge in [-0.3, -0.25) is 0 Å². The third-order valence-corrected chi connectivity index (χ3v) is 3.08. The fourth-order valence-electron chi connectivity index (χ4n) is 2.03. The van der Waals surface area contributed by atoms with Crippen LogP contribution in [-0.2, 0) is 19.4 Å². The minimum Gasteiger partial charge on any atom is -0.476 e. The van der Waals surface area contributed by atoms with Crippen molar-refractivity contribution in [2.45, 2.75) is 52.5 Å². The molecular weight excluding hydrogens is 274 g/mol. The number of aromatic carboxylic acids is 1. The molecule has 2 rings (SSSR count). The van der Waals surface area contributed by atoms with E-state index in [1.54, 1.807) is 0 Å². The Kier molecular flexibility index (Phi) is 5.02. The molecule has 2 aromatic rings. The number of unbranched alkanes of at least 4 members (excludes halogenated alkanes) is 1. The number of carboxylic acid groups (broad SMARTS) is 1. The van der Waals surface area contributed by atoms with E-state index in [9.17, 15) is 4.79 Å². The summed E-state index contributed by atoms with van der Waals surface area (Å²) in [5.41, 5.74) is 0.570. The van der Waals surface area contributed by atoms with Gasteiger partial charge in [0.1, 0.15) is 6.54 Å². The van der Waals surface area contributed by atoms with Crippen molar-refractivity contribution in [3.05, 3.63) is 23.1 Å². The molecule has 8 nitrogen and oxygen atoms in total. The summed E-state index contributed by atoms with van der Waals surface area (Å²) in [6.07, 6.45) is 4.24. The fraction of sp³-hybridized carbons (Fsp3) is 0.615. The van der Waals surface area contributed by atoms with Crippen LogP contribution < -0.4 is 0 Å². The molecular formula is C13H19N5O3. The van der Waals surface area contributed by atoms with Gasteiger partial charge >= 0.3 is 5.97 Å². The molecule has 0 saturated heterocycles. The summed E-state index contributed by atoms with van der Waals surface area (Å²) in [6.45, 7) is 4.31. The minimum absolute atomic E-state index is 0.0115. The van der Waals surface area contributed by atoms with E-state index < -0.39 is 5.97 Å². The van der Waals surface area contributed by atoms with Gasteiger partial charge in [0.2, 0.25) is 5.89 Å². The Hall–Kier alpha value is -2.25. The molecule has 2 aromatic heterocycles. The van der Waals surface area contributed by atoms with E-state index in [4.69, 9.17) is 9.63 Å². The van der Waals surface area contributed by atoms with Gasteiger partial charge in [0.25, 0.3) is 0 Å². The third kappa shape index (κ3) is 3.65. The van der Waals surface area contributed by atoms with Crippen LogP contribution in [0.3, 0.4) is 0 Å². The highest BCUT2D eigenvalue weighted by atomic mass is 16.5. The number of rotatable bonds is 8. The van der Waals surface area contributed by atoms with Gasteiger partial charge in [0, 0.05) is 6.42 Å². The van der Waals surface area contributed by atoms with Crippen molar-refractivity contribution in [1.82, 2.24) is 25.1 Å². The Morgan fingerprint density at radius 2 is 2.10 bits per heavy atom. The molecule has 0 aliphatic heterocycles. The number of carbonyl (C=O) groups is 1. The van der Waals surface area contributed by atoms with Crippen LogP contribution >= 0.6 is 0 Å². The van der Waals surface area contributed by atoms with Crippen LogP contribution in [0, 0.1) is 0 Å². The van der Waals surface area contributed by atoms with Gasteiger partial charge in [-0.1, -0.05) is 37.1 Å². The lowest BCUT2D eigenvalue weighted by Crippen LogP contribution is -2.09. The first-order valence-electron chi connectivity index (χ1n) is 7.12. The van der Waals surface area contributed by atoms with E-state index in [1.165, 1.54) is 4.68 Å². The predicted molar refractivity (Wildman–Crippen MR) is 73.0 cm³/mol. The molecule has 114 valence electrons. The minimum atomic E-state index is -1.07. The molecule has 0 fully saturated rings. The first-order chi connectivity index (χ1) is 10.2. The second-order valence-electron chi connectivity index (χ2n) is 4.81. The zero-order valence-corrected chi connectivity index (χ0v) is 12.2. The molecule has 0 aliphatic rings. The zero-order valence-electron chi connectivity index (χ0n) is 12.2. The number of carboxylic acids is 1. The lowest BCUT2D eigenvalue weighted by Gasteiger charge is -2.02. The van der Waals surface area contributed by atoms with Crippen LogP contribution in [0.1, 0.15) is 61.0 Å². The normalized spacial score (nSPS) is 11.0. The average molecular weight is 293 g/mol. The van der Waals surface area contributed by atoms with Crippen LogP contribution in [0.2, 0.25) is 0 Å². The standard InChI is InChI=1S/C13H19N5O3/c1-3-5-7-10-14-11(21-16-10)8-18-9(6-4-2)12(13(19)20)15-17-18/h3-8H2,1-2H3,(H,19,20). The Morgan fingerprint density at radius 3 is 2.76 bits per heavy atom. The maximum atomic E-state index is 11.1. The van der Waals surface area contributed by atoms with Gasteiger partial charge in [-0.15, -0.1) is 5.10 Å². The monoisotopic (exact) mass is 293 g/mol. The van der Waals surface area contributed by atoms with Crippen molar-refractivity contribution in [1.29, 1.82) is 0 Å². The summed E-state index contributed by atoms with van der Waals surface area (Å²) < 4.78 is 6.69. The zero-order chi connectivity index (χ0) is 15.2. The summed E-state index contributed by atoms with van der Waals surface area (Å²) in [4.78, 5) is 15.4. The second-order valence-corrected chi connectivity index (χ2v) is 4.81. The Balaban J connectivity index is 2.15. The average Bonchev–Trinajstić information content (AvgIpc) is 3.05. The van der Waals surface area contributed by atoms with E-state index in [0.717, 1.165) is 25.7 Å². The first kappa shape index (κ1) is 15.1. The van der Waals surface area contributed by atoms with Crippen molar-refractivity contribution >= 4 is 5.97 Å². The van der Waals surface area contributed by atoms with E-state index in [-0.39, 0.29) is 12.2 Å². The smallest absolute Gasteiger partial charge is 0.358 e. The summed E-state index contributed by atoms with van der Waals surface area (Å²) >= 11 is 0. The molecule has 0 amide bonds. The maximum absolute atomic E-state index is 11.1. The summed E-state index contributed by atoms with van der Waals surface area (Å²) in [6, 6.07) is 0. The van der Waals surface area contributed by atoms with Crippen molar-refractivity contribution < 1.29 is 14.4 Å². The molecule has 0 aromatic carbocycles. The highest BCUT2D eigenvalue weighted by Gasteiger charge is 2.19. The largest absolute Gasteiger partial charge is 0.476 e. The maximum Gasteiger partial charge on any atom is 0.358 e. The molecule has 0 atom stereocenters. The highest BCUT2D eigenvalue weighted by molar-refractivity contribution is 5.86. The van der Waals surface area contributed by atoms with Crippen LogP contribution in [0.25, 0.3) is 0 Å². The molecule has 0 bridgehead atoms. The van der Waals surface area contributed by atoms with Crippen LogP contribution in [0.15, 0.2) is 4.52 Å². The van der Waals surface area contributed by atoms with E-state index in [2.05, 4.69) is 27.4 Å². The van der Waals surface area contributed by atoms with E-state index in [0.29, 0.717) is 23.8 Å². The van der Waals surface area contributed by atoms with Crippen molar-refractivity contribution in [3.63, 3.8) is 0 Å². The van der Waals surface area contributed by atoms with Gasteiger partial charge in [0.05, 0.1) is 5.69 Å². The van der Waals surface area contributed by atoms with Crippen molar-refractivity contribution in [3.8, 4) is 0 Å². The van der Waals surface area contributed by atoms with Crippen molar-refractivity contribution in [2.75, 3.05) is 0 Å². The van der Waals surface area contributed by atoms with E-state index >= 15 is 0 Å². The Bertz CT molecular complexity index is 605. The molecule has 0 saturated carbocycles. The van der Waals surface area contributed by atoms with Gasteiger partial charge < -0.3 is 9.63 Å². The predicted octanol–water partition coefficient (Wildman–Crippen LogP) is 1.70. The highest BCUT2D eigenvalue weighted by Crippen LogP contribution is 2.11. The molecule has 2 heterocycles. The van der Waals surface area contributed by atoms with Gasteiger partial charge in [0.15, 0.2) is 11.5 Å². The molecule has 0 spiro atoms. The van der Waals surface area contributed by atoms with Crippen LogP contribution in [0.5, 0.6) is 0 Å². The molecule has 8 heteroatoms. The fourth-order valence-corrected chi connectivity index (χ4v) is 2.03. The molecule has 21 heavy (non-hydrogen) atoms. The van der Waals surface area contributed by atoms with E-state index in [1.807, 2.05) is 6.92 Å². The quantitative estimate of drug-likeness (QED) is 0.789.